The number of para-hydroxylation sites is 1. The first kappa shape index (κ1) is 27.0. The number of halogens is 1. The summed E-state index contributed by atoms with van der Waals surface area (Å²) in [7, 11) is 0. The lowest BCUT2D eigenvalue weighted by Gasteiger charge is -2.20. The lowest BCUT2D eigenvalue weighted by molar-refractivity contribution is -0.146. The minimum atomic E-state index is -1.02. The van der Waals surface area contributed by atoms with Crippen LogP contribution in [0.3, 0.4) is 0 Å². The van der Waals surface area contributed by atoms with Crippen LogP contribution in [0.4, 0.5) is 4.39 Å². The van der Waals surface area contributed by atoms with E-state index in [1.807, 2.05) is 37.3 Å². The summed E-state index contributed by atoms with van der Waals surface area (Å²) in [5.74, 6) is 0.295. The van der Waals surface area contributed by atoms with E-state index in [1.54, 1.807) is 18.2 Å². The molecule has 2 N–H and O–H groups in total. The molecular formula is C32H34FNO5. The highest BCUT2D eigenvalue weighted by atomic mass is 19.1. The minimum Gasteiger partial charge on any atom is -0.493 e. The molecule has 0 unspecified atom stereocenters. The van der Waals surface area contributed by atoms with Gasteiger partial charge in [0, 0.05) is 29.9 Å². The Morgan fingerprint density at radius 1 is 1.18 bits per heavy atom. The van der Waals surface area contributed by atoms with Gasteiger partial charge in [-0.25, -0.2) is 4.39 Å². The predicted octanol–water partition coefficient (Wildman–Crippen LogP) is 5.84. The quantitative estimate of drug-likeness (QED) is 0.320. The number of esters is 1. The summed E-state index contributed by atoms with van der Waals surface area (Å²) in [6.07, 6.45) is 4.72. The predicted molar refractivity (Wildman–Crippen MR) is 148 cm³/mol. The molecule has 2 heterocycles. The van der Waals surface area contributed by atoms with Crippen molar-refractivity contribution in [1.29, 1.82) is 0 Å². The molecule has 0 spiro atoms. The van der Waals surface area contributed by atoms with E-state index in [0.717, 1.165) is 57.8 Å². The van der Waals surface area contributed by atoms with Gasteiger partial charge >= 0.3 is 5.97 Å². The van der Waals surface area contributed by atoms with Crippen LogP contribution >= 0.6 is 0 Å². The second-order valence-electron chi connectivity index (χ2n) is 10.2. The summed E-state index contributed by atoms with van der Waals surface area (Å²) < 4.78 is 25.0. The molecule has 204 valence electrons. The molecule has 2 aliphatic rings. The Morgan fingerprint density at radius 3 is 2.69 bits per heavy atom. The van der Waals surface area contributed by atoms with Crippen LogP contribution in [-0.4, -0.2) is 46.6 Å². The number of hydrogen-bond donors (Lipinski definition) is 2. The van der Waals surface area contributed by atoms with Crippen molar-refractivity contribution in [2.75, 3.05) is 13.2 Å². The second kappa shape index (κ2) is 12.1. The van der Waals surface area contributed by atoms with Crippen LogP contribution in [0.1, 0.15) is 61.8 Å². The van der Waals surface area contributed by atoms with Gasteiger partial charge in [-0.05, 0) is 60.2 Å². The number of aliphatic hydroxyl groups is 2. The van der Waals surface area contributed by atoms with Crippen LogP contribution < -0.4 is 4.74 Å². The highest BCUT2D eigenvalue weighted by Gasteiger charge is 2.32. The lowest BCUT2D eigenvalue weighted by Crippen LogP contribution is -2.21. The van der Waals surface area contributed by atoms with Crippen molar-refractivity contribution in [3.63, 3.8) is 0 Å². The zero-order valence-electron chi connectivity index (χ0n) is 22.1. The number of benzene rings is 2. The van der Waals surface area contributed by atoms with E-state index in [1.165, 1.54) is 12.1 Å². The van der Waals surface area contributed by atoms with Crippen molar-refractivity contribution in [1.82, 2.24) is 4.98 Å². The lowest BCUT2D eigenvalue weighted by atomic mass is 9.87. The van der Waals surface area contributed by atoms with Gasteiger partial charge in [0.1, 0.15) is 11.6 Å². The molecule has 0 bridgehead atoms. The van der Waals surface area contributed by atoms with Gasteiger partial charge in [-0.3, -0.25) is 9.78 Å². The molecular weight excluding hydrogens is 497 g/mol. The van der Waals surface area contributed by atoms with E-state index in [9.17, 15) is 19.4 Å². The molecule has 1 aromatic heterocycles. The number of pyridine rings is 1. The molecule has 1 saturated carbocycles. The Hall–Kier alpha value is -3.55. The largest absolute Gasteiger partial charge is 0.493 e. The van der Waals surface area contributed by atoms with Crippen molar-refractivity contribution in [2.45, 2.75) is 63.6 Å². The summed E-state index contributed by atoms with van der Waals surface area (Å²) in [5, 5.41) is 21.1. The van der Waals surface area contributed by atoms with Crippen molar-refractivity contribution >= 4 is 12.0 Å². The number of carbonyl (C=O) groups is 1. The van der Waals surface area contributed by atoms with Gasteiger partial charge in [-0.2, -0.15) is 0 Å². The standard InChI is InChI=1S/C32H34FNO5/c1-2-16-39-29(37)19-24(36)18-23(35)13-14-26-30(20-9-11-22(33)12-10-20)27-15-17-38-28-6-4-3-5-25(28)32(27)34-31(26)21-7-8-21/h3-6,9-14,21,23-24,35-36H,2,7-8,15-19H2,1H3/b14-13+/t23-,24-/m1/s1. The van der Waals surface area contributed by atoms with E-state index >= 15 is 0 Å². The Labute approximate surface area is 228 Å². The molecule has 7 heteroatoms. The SMILES string of the molecule is CCCOC(=O)C[C@H](O)C[C@H](O)/C=C/c1c(C2CC2)nc2c(c1-c1ccc(F)cc1)CCOc1ccccc1-2. The number of fused-ring (bicyclic) bond motifs is 3. The molecule has 0 amide bonds. The van der Waals surface area contributed by atoms with E-state index in [0.29, 0.717) is 32.0 Å². The fourth-order valence-electron chi connectivity index (χ4n) is 5.07. The van der Waals surface area contributed by atoms with E-state index in [-0.39, 0.29) is 18.7 Å². The average molecular weight is 532 g/mol. The van der Waals surface area contributed by atoms with Crippen molar-refractivity contribution in [3.05, 3.63) is 77.2 Å². The number of nitrogens with zero attached hydrogens (tertiary/aromatic N) is 1. The van der Waals surface area contributed by atoms with Crippen LogP contribution in [0, 0.1) is 5.82 Å². The monoisotopic (exact) mass is 531 g/mol. The van der Waals surface area contributed by atoms with Crippen molar-refractivity contribution in [3.8, 4) is 28.1 Å². The molecule has 0 saturated heterocycles. The maximum atomic E-state index is 13.9. The average Bonchev–Trinajstić information content (AvgIpc) is 3.78. The number of aliphatic hydroxyl groups excluding tert-OH is 2. The smallest absolute Gasteiger partial charge is 0.308 e. The zero-order valence-corrected chi connectivity index (χ0v) is 22.1. The molecule has 39 heavy (non-hydrogen) atoms. The Balaban J connectivity index is 1.54. The maximum absolute atomic E-state index is 13.9. The third-order valence-corrected chi connectivity index (χ3v) is 7.08. The normalized spacial score (nSPS) is 16.1. The molecule has 3 aromatic rings. The molecule has 2 atom stereocenters. The van der Waals surface area contributed by atoms with Crippen LogP contribution in [0.5, 0.6) is 5.75 Å². The van der Waals surface area contributed by atoms with Gasteiger partial charge in [0.15, 0.2) is 0 Å². The van der Waals surface area contributed by atoms with Gasteiger partial charge in [-0.1, -0.05) is 43.3 Å². The first-order valence-corrected chi connectivity index (χ1v) is 13.7. The molecule has 0 radical (unpaired) electrons. The number of rotatable bonds is 10. The second-order valence-corrected chi connectivity index (χ2v) is 10.2. The molecule has 5 rings (SSSR count). The first-order chi connectivity index (χ1) is 18.9. The molecule has 1 aliphatic heterocycles. The van der Waals surface area contributed by atoms with E-state index in [4.69, 9.17) is 14.5 Å². The Kier molecular flexibility index (Phi) is 8.38. The van der Waals surface area contributed by atoms with Crippen molar-refractivity contribution in [2.24, 2.45) is 0 Å². The van der Waals surface area contributed by atoms with Crippen LogP contribution in [-0.2, 0) is 16.0 Å². The van der Waals surface area contributed by atoms with Gasteiger partial charge < -0.3 is 19.7 Å². The molecule has 1 aliphatic carbocycles. The first-order valence-electron chi connectivity index (χ1n) is 13.7. The third-order valence-electron chi connectivity index (χ3n) is 7.08. The fraction of sp³-hybridized carbons (Fsp3) is 0.375. The van der Waals surface area contributed by atoms with Crippen LogP contribution in [0.2, 0.25) is 0 Å². The van der Waals surface area contributed by atoms with Gasteiger partial charge in [0.25, 0.3) is 0 Å². The van der Waals surface area contributed by atoms with Crippen molar-refractivity contribution < 1.29 is 28.9 Å². The van der Waals surface area contributed by atoms with E-state index < -0.39 is 18.2 Å². The Bertz CT molecular complexity index is 1350. The van der Waals surface area contributed by atoms with Gasteiger partial charge in [0.2, 0.25) is 0 Å². The number of ether oxygens (including phenoxy) is 2. The number of carbonyl (C=O) groups excluding carboxylic acids is 1. The molecule has 1 fully saturated rings. The van der Waals surface area contributed by atoms with Gasteiger partial charge in [-0.15, -0.1) is 0 Å². The third kappa shape index (κ3) is 6.37. The Morgan fingerprint density at radius 2 is 1.95 bits per heavy atom. The highest BCUT2D eigenvalue weighted by Crippen LogP contribution is 2.48. The minimum absolute atomic E-state index is 0.00194. The summed E-state index contributed by atoms with van der Waals surface area (Å²) in [4.78, 5) is 17.0. The fourth-order valence-corrected chi connectivity index (χ4v) is 5.07. The van der Waals surface area contributed by atoms with Crippen LogP contribution in [0.25, 0.3) is 28.5 Å². The number of hydrogen-bond acceptors (Lipinski definition) is 6. The highest BCUT2D eigenvalue weighted by molar-refractivity contribution is 5.86. The maximum Gasteiger partial charge on any atom is 0.308 e. The van der Waals surface area contributed by atoms with E-state index in [2.05, 4.69) is 0 Å². The topological polar surface area (TPSA) is 88.9 Å². The summed E-state index contributed by atoms with van der Waals surface area (Å²) in [6, 6.07) is 14.4. The molecule has 2 aromatic carbocycles. The zero-order chi connectivity index (χ0) is 27.4. The molecule has 6 nitrogen and oxygen atoms in total. The summed E-state index contributed by atoms with van der Waals surface area (Å²) in [5.41, 5.74) is 6.48. The summed E-state index contributed by atoms with van der Waals surface area (Å²) in [6.45, 7) is 2.69. The summed E-state index contributed by atoms with van der Waals surface area (Å²) >= 11 is 0. The van der Waals surface area contributed by atoms with Gasteiger partial charge in [0.05, 0.1) is 43.2 Å². The number of aromatic nitrogens is 1. The van der Waals surface area contributed by atoms with Crippen LogP contribution in [0.15, 0.2) is 54.6 Å².